The summed E-state index contributed by atoms with van der Waals surface area (Å²) in [7, 11) is 1.26. The van der Waals surface area contributed by atoms with E-state index >= 15 is 0 Å². The van der Waals surface area contributed by atoms with Crippen LogP contribution in [0.4, 0.5) is 4.79 Å². The molecule has 0 spiro atoms. The highest BCUT2D eigenvalue weighted by atomic mass is 16.5. The lowest BCUT2D eigenvalue weighted by atomic mass is 9.98. The number of methoxy groups -OCH3 is 1. The number of ether oxygens (including phenoxy) is 2. The third kappa shape index (κ3) is 3.78. The zero-order chi connectivity index (χ0) is 21.1. The van der Waals surface area contributed by atoms with Crippen molar-refractivity contribution >= 4 is 18.0 Å². The van der Waals surface area contributed by atoms with Gasteiger partial charge >= 0.3 is 12.1 Å². The van der Waals surface area contributed by atoms with Crippen LogP contribution < -0.4 is 10.6 Å². The first-order valence-corrected chi connectivity index (χ1v) is 9.75. The normalized spacial score (nSPS) is 19.8. The minimum atomic E-state index is -0.921. The first-order valence-electron chi connectivity index (χ1n) is 9.75. The maximum atomic E-state index is 12.4. The predicted molar refractivity (Wildman–Crippen MR) is 110 cm³/mol. The second kappa shape index (κ2) is 8.41. The van der Waals surface area contributed by atoms with Crippen LogP contribution in [-0.2, 0) is 19.1 Å². The summed E-state index contributed by atoms with van der Waals surface area (Å²) in [6, 6.07) is 14.4. The van der Waals surface area contributed by atoms with E-state index in [0.717, 1.165) is 22.3 Å². The van der Waals surface area contributed by atoms with Crippen molar-refractivity contribution in [2.75, 3.05) is 13.7 Å². The minimum absolute atomic E-state index is 0.0645. The summed E-state index contributed by atoms with van der Waals surface area (Å²) < 4.78 is 10.1. The Bertz CT molecular complexity index is 971. The zero-order valence-electron chi connectivity index (χ0n) is 16.5. The van der Waals surface area contributed by atoms with Crippen LogP contribution in [0.5, 0.6) is 0 Å². The number of esters is 1. The van der Waals surface area contributed by atoms with Gasteiger partial charge in [-0.25, -0.2) is 9.59 Å². The monoisotopic (exact) mass is 406 g/mol. The van der Waals surface area contributed by atoms with Crippen LogP contribution >= 0.6 is 0 Å². The van der Waals surface area contributed by atoms with Crippen LogP contribution in [0.3, 0.4) is 0 Å². The van der Waals surface area contributed by atoms with Gasteiger partial charge in [0.1, 0.15) is 18.7 Å². The Morgan fingerprint density at radius 3 is 2.33 bits per heavy atom. The zero-order valence-corrected chi connectivity index (χ0v) is 16.5. The molecule has 2 atom stereocenters. The van der Waals surface area contributed by atoms with E-state index in [4.69, 9.17) is 4.74 Å². The molecule has 7 heteroatoms. The lowest BCUT2D eigenvalue weighted by molar-refractivity contribution is -0.144. The minimum Gasteiger partial charge on any atom is -0.467 e. The Hall–Kier alpha value is -3.61. The summed E-state index contributed by atoms with van der Waals surface area (Å²) in [6.45, 7) is 0.155. The number of rotatable bonds is 4. The van der Waals surface area contributed by atoms with Gasteiger partial charge in [0.25, 0.3) is 0 Å². The second-order valence-corrected chi connectivity index (χ2v) is 7.20. The Morgan fingerprint density at radius 1 is 1.07 bits per heavy atom. The highest BCUT2D eigenvalue weighted by Crippen LogP contribution is 2.44. The molecule has 154 valence electrons. The van der Waals surface area contributed by atoms with E-state index < -0.39 is 30.1 Å². The summed E-state index contributed by atoms with van der Waals surface area (Å²) >= 11 is 0. The van der Waals surface area contributed by atoms with Crippen molar-refractivity contribution in [2.45, 2.75) is 24.4 Å². The van der Waals surface area contributed by atoms with Gasteiger partial charge in [-0.2, -0.15) is 0 Å². The molecule has 2 aliphatic rings. The lowest BCUT2D eigenvalue weighted by Crippen LogP contribution is -2.49. The molecule has 1 aliphatic heterocycles. The highest BCUT2D eigenvalue weighted by Gasteiger charge is 2.31. The molecule has 4 rings (SSSR count). The number of hydrogen-bond acceptors (Lipinski definition) is 5. The Balaban J connectivity index is 1.40. The summed E-state index contributed by atoms with van der Waals surface area (Å²) in [6.07, 6.45) is 2.80. The number of amides is 2. The van der Waals surface area contributed by atoms with Gasteiger partial charge in [-0.1, -0.05) is 60.7 Å². The lowest BCUT2D eigenvalue weighted by Gasteiger charge is -2.18. The van der Waals surface area contributed by atoms with Crippen LogP contribution in [0, 0.1) is 0 Å². The molecule has 2 N–H and O–H groups in total. The largest absolute Gasteiger partial charge is 0.467 e. The molecule has 0 bridgehead atoms. The maximum Gasteiger partial charge on any atom is 0.408 e. The average molecular weight is 406 g/mol. The van der Waals surface area contributed by atoms with Crippen LogP contribution in [-0.4, -0.2) is 43.8 Å². The SMILES string of the molecule is COC(=O)[C@@H]1CC=C[C@H](NC(=O)OCC2c3ccccc3-c3ccccc32)C(=O)N1. The number of carbonyl (C=O) groups excluding carboxylic acids is 3. The van der Waals surface area contributed by atoms with Crippen LogP contribution in [0.15, 0.2) is 60.7 Å². The van der Waals surface area contributed by atoms with Crippen LogP contribution in [0.25, 0.3) is 11.1 Å². The highest BCUT2D eigenvalue weighted by molar-refractivity contribution is 5.91. The molecular weight excluding hydrogens is 384 g/mol. The van der Waals surface area contributed by atoms with Crippen molar-refractivity contribution in [3.63, 3.8) is 0 Å². The standard InChI is InChI=1S/C23H22N2O5/c1-29-22(27)20-12-6-11-19(21(26)24-20)25-23(28)30-13-18-16-9-4-2-7-14(16)15-8-3-5-10-17(15)18/h2-11,18-20H,12-13H2,1H3,(H,24,26)(H,25,28)/t19-,20-/m0/s1. The third-order valence-electron chi connectivity index (χ3n) is 5.40. The van der Waals surface area contributed by atoms with Gasteiger partial charge in [-0.3, -0.25) is 4.79 Å². The van der Waals surface area contributed by atoms with E-state index in [0.29, 0.717) is 6.42 Å². The number of nitrogens with one attached hydrogen (secondary N) is 2. The summed E-state index contributed by atoms with van der Waals surface area (Å²) in [5, 5.41) is 5.11. The average Bonchev–Trinajstić information content (AvgIpc) is 2.97. The second-order valence-electron chi connectivity index (χ2n) is 7.20. The number of alkyl carbamates (subject to hydrolysis) is 1. The fraction of sp³-hybridized carbons (Fsp3) is 0.261. The number of benzene rings is 2. The first kappa shape index (κ1) is 19.7. The van der Waals surface area contributed by atoms with E-state index in [9.17, 15) is 14.4 Å². The molecule has 1 aliphatic carbocycles. The maximum absolute atomic E-state index is 12.4. The van der Waals surface area contributed by atoms with Gasteiger partial charge < -0.3 is 20.1 Å². The van der Waals surface area contributed by atoms with Gasteiger partial charge in [0.05, 0.1) is 7.11 Å². The van der Waals surface area contributed by atoms with Crippen LogP contribution in [0.1, 0.15) is 23.5 Å². The number of fused-ring (bicyclic) bond motifs is 3. The van der Waals surface area contributed by atoms with Gasteiger partial charge in [0.15, 0.2) is 0 Å². The Morgan fingerprint density at radius 2 is 1.70 bits per heavy atom. The van der Waals surface area contributed by atoms with Crippen molar-refractivity contribution in [3.05, 3.63) is 71.8 Å². The summed E-state index contributed by atoms with van der Waals surface area (Å²) in [5.74, 6) is -1.09. The number of hydrogen-bond donors (Lipinski definition) is 2. The van der Waals surface area contributed by atoms with E-state index in [1.54, 1.807) is 12.2 Å². The Labute approximate surface area is 174 Å². The molecule has 0 fully saturated rings. The quantitative estimate of drug-likeness (QED) is 0.601. The van der Waals surface area contributed by atoms with Gasteiger partial charge in [-0.05, 0) is 28.7 Å². The van der Waals surface area contributed by atoms with Crippen molar-refractivity contribution in [2.24, 2.45) is 0 Å². The fourth-order valence-corrected chi connectivity index (χ4v) is 3.94. The third-order valence-corrected chi connectivity index (χ3v) is 5.40. The van der Waals surface area contributed by atoms with Crippen LogP contribution in [0.2, 0.25) is 0 Å². The molecule has 0 saturated heterocycles. The predicted octanol–water partition coefficient (Wildman–Crippen LogP) is 2.51. The Kier molecular flexibility index (Phi) is 5.52. The molecule has 7 nitrogen and oxygen atoms in total. The topological polar surface area (TPSA) is 93.7 Å². The summed E-state index contributed by atoms with van der Waals surface area (Å²) in [5.41, 5.74) is 4.50. The van der Waals surface area contributed by atoms with Crippen molar-refractivity contribution in [1.82, 2.24) is 10.6 Å². The first-order chi connectivity index (χ1) is 14.6. The van der Waals surface area contributed by atoms with Crippen molar-refractivity contribution < 1.29 is 23.9 Å². The van der Waals surface area contributed by atoms with Crippen molar-refractivity contribution in [1.29, 1.82) is 0 Å². The molecule has 1 heterocycles. The molecule has 0 unspecified atom stereocenters. The molecule has 0 radical (unpaired) electrons. The fourth-order valence-electron chi connectivity index (χ4n) is 3.94. The smallest absolute Gasteiger partial charge is 0.408 e. The number of carbonyl (C=O) groups is 3. The molecular formula is C23H22N2O5. The van der Waals surface area contributed by atoms with E-state index in [1.165, 1.54) is 7.11 Å². The van der Waals surface area contributed by atoms with E-state index in [1.807, 2.05) is 36.4 Å². The molecule has 30 heavy (non-hydrogen) atoms. The molecule has 0 saturated carbocycles. The van der Waals surface area contributed by atoms with E-state index in [-0.39, 0.29) is 12.5 Å². The van der Waals surface area contributed by atoms with Gasteiger partial charge in [-0.15, -0.1) is 0 Å². The van der Waals surface area contributed by atoms with E-state index in [2.05, 4.69) is 27.5 Å². The molecule has 2 aromatic carbocycles. The van der Waals surface area contributed by atoms with Gasteiger partial charge in [0, 0.05) is 5.92 Å². The molecule has 2 amide bonds. The molecule has 0 aromatic heterocycles. The summed E-state index contributed by atoms with van der Waals surface area (Å²) in [4.78, 5) is 36.4. The van der Waals surface area contributed by atoms with Crippen molar-refractivity contribution in [3.8, 4) is 11.1 Å². The van der Waals surface area contributed by atoms with Gasteiger partial charge in [0.2, 0.25) is 5.91 Å². The molecule has 2 aromatic rings.